The summed E-state index contributed by atoms with van der Waals surface area (Å²) in [6, 6.07) is 3.49. The Morgan fingerprint density at radius 3 is 2.50 bits per heavy atom. The van der Waals surface area contributed by atoms with Crippen LogP contribution >= 0.6 is 0 Å². The van der Waals surface area contributed by atoms with Gasteiger partial charge in [0.15, 0.2) is 0 Å². The van der Waals surface area contributed by atoms with Gasteiger partial charge in [-0.05, 0) is 33.0 Å². The first-order valence-corrected chi connectivity index (χ1v) is 5.22. The molecule has 0 saturated carbocycles. The molecule has 16 heavy (non-hydrogen) atoms. The second-order valence-corrected chi connectivity index (χ2v) is 4.50. The number of nitrogens with zero attached hydrogens (tertiary/aromatic N) is 1. The summed E-state index contributed by atoms with van der Waals surface area (Å²) in [5.74, 6) is -0.836. The molecule has 0 heterocycles. The summed E-state index contributed by atoms with van der Waals surface area (Å²) >= 11 is 0. The van der Waals surface area contributed by atoms with Gasteiger partial charge in [-0.25, -0.2) is 8.78 Å². The molecule has 0 amide bonds. The summed E-state index contributed by atoms with van der Waals surface area (Å²) in [7, 11) is 3.59. The first-order chi connectivity index (χ1) is 7.38. The fourth-order valence-electron chi connectivity index (χ4n) is 1.62. The molecule has 2 nitrogen and oxygen atoms in total. The molecule has 4 heteroatoms. The zero-order valence-electron chi connectivity index (χ0n) is 10.1. The van der Waals surface area contributed by atoms with E-state index >= 15 is 0 Å². The van der Waals surface area contributed by atoms with Crippen LogP contribution in [0.4, 0.5) is 14.5 Å². The molecular formula is C12H18F2N2. The third kappa shape index (κ3) is 2.70. The van der Waals surface area contributed by atoms with E-state index < -0.39 is 11.6 Å². The topological polar surface area (TPSA) is 15.3 Å². The van der Waals surface area contributed by atoms with Crippen molar-refractivity contribution < 1.29 is 8.78 Å². The van der Waals surface area contributed by atoms with Gasteiger partial charge in [-0.15, -0.1) is 0 Å². The van der Waals surface area contributed by atoms with Gasteiger partial charge in [-0.2, -0.15) is 0 Å². The van der Waals surface area contributed by atoms with Gasteiger partial charge < -0.3 is 10.2 Å². The maximum absolute atomic E-state index is 13.6. The van der Waals surface area contributed by atoms with E-state index in [1.165, 1.54) is 6.07 Å². The highest BCUT2D eigenvalue weighted by Gasteiger charge is 2.25. The molecule has 90 valence electrons. The Morgan fingerprint density at radius 1 is 1.31 bits per heavy atom. The van der Waals surface area contributed by atoms with Crippen LogP contribution in [0.5, 0.6) is 0 Å². The van der Waals surface area contributed by atoms with E-state index in [0.717, 1.165) is 12.1 Å². The first kappa shape index (κ1) is 12.9. The summed E-state index contributed by atoms with van der Waals surface area (Å²) in [6.07, 6.45) is 0. The Balaban J connectivity index is 3.03. The zero-order valence-corrected chi connectivity index (χ0v) is 10.1. The molecule has 0 radical (unpaired) electrons. The minimum atomic E-state index is -0.427. The average Bonchev–Trinajstić information content (AvgIpc) is 2.20. The predicted octanol–water partition coefficient (Wildman–Crippen LogP) is 2.40. The van der Waals surface area contributed by atoms with Crippen LogP contribution in [0, 0.1) is 11.6 Å². The van der Waals surface area contributed by atoms with Gasteiger partial charge in [-0.1, -0.05) is 0 Å². The molecule has 0 atom stereocenters. The molecule has 0 bridgehead atoms. The highest BCUT2D eigenvalue weighted by molar-refractivity contribution is 5.49. The largest absolute Gasteiger partial charge is 0.366 e. The third-order valence-corrected chi connectivity index (χ3v) is 2.79. The Hall–Kier alpha value is -1.16. The van der Waals surface area contributed by atoms with Crippen molar-refractivity contribution in [2.24, 2.45) is 0 Å². The van der Waals surface area contributed by atoms with Crippen molar-refractivity contribution in [2.45, 2.75) is 19.4 Å². The fourth-order valence-corrected chi connectivity index (χ4v) is 1.62. The maximum Gasteiger partial charge on any atom is 0.146 e. The minimum absolute atomic E-state index is 0.278. The van der Waals surface area contributed by atoms with Gasteiger partial charge >= 0.3 is 0 Å². The monoisotopic (exact) mass is 228 g/mol. The molecular weight excluding hydrogens is 210 g/mol. The van der Waals surface area contributed by atoms with Gasteiger partial charge in [0.2, 0.25) is 0 Å². The Labute approximate surface area is 95.3 Å². The molecule has 0 aromatic heterocycles. The van der Waals surface area contributed by atoms with Crippen LogP contribution in [0.25, 0.3) is 0 Å². The Bertz CT molecular complexity index is 364. The molecule has 1 aromatic rings. The lowest BCUT2D eigenvalue weighted by Crippen LogP contribution is -2.48. The van der Waals surface area contributed by atoms with Gasteiger partial charge in [0.05, 0.1) is 5.69 Å². The molecule has 0 aliphatic heterocycles. The van der Waals surface area contributed by atoms with Crippen molar-refractivity contribution in [3.05, 3.63) is 29.8 Å². The van der Waals surface area contributed by atoms with Crippen LogP contribution in [0.2, 0.25) is 0 Å². The molecule has 0 aliphatic carbocycles. The summed E-state index contributed by atoms with van der Waals surface area (Å²) in [6.45, 7) is 4.61. The number of nitrogens with one attached hydrogen (secondary N) is 1. The standard InChI is InChI=1S/C12H18F2N2/c1-12(2,8-15-3)16(4)11-7-9(13)5-6-10(11)14/h5-7,15H,8H2,1-4H3. The quantitative estimate of drug-likeness (QED) is 0.851. The average molecular weight is 228 g/mol. The number of hydrogen-bond acceptors (Lipinski definition) is 2. The van der Waals surface area contributed by atoms with E-state index in [-0.39, 0.29) is 11.2 Å². The summed E-state index contributed by atoms with van der Waals surface area (Å²) in [5, 5.41) is 3.03. The minimum Gasteiger partial charge on any atom is -0.366 e. The van der Waals surface area contributed by atoms with Crippen LogP contribution < -0.4 is 10.2 Å². The van der Waals surface area contributed by atoms with Crippen molar-refractivity contribution in [2.75, 3.05) is 25.5 Å². The molecule has 0 aliphatic rings. The molecule has 0 unspecified atom stereocenters. The lowest BCUT2D eigenvalue weighted by atomic mass is 10.0. The molecule has 1 N–H and O–H groups in total. The van der Waals surface area contributed by atoms with Crippen molar-refractivity contribution in [3.8, 4) is 0 Å². The molecule has 0 fully saturated rings. The first-order valence-electron chi connectivity index (χ1n) is 5.22. The van der Waals surface area contributed by atoms with Crippen LogP contribution in [0.15, 0.2) is 18.2 Å². The number of anilines is 1. The van der Waals surface area contributed by atoms with Crippen LogP contribution in [-0.4, -0.2) is 26.2 Å². The lowest BCUT2D eigenvalue weighted by Gasteiger charge is -2.37. The summed E-state index contributed by atoms with van der Waals surface area (Å²) in [5.41, 5.74) is -0.0103. The van der Waals surface area contributed by atoms with E-state index in [4.69, 9.17) is 0 Å². The smallest absolute Gasteiger partial charge is 0.146 e. The Kier molecular flexibility index (Phi) is 3.86. The number of halogens is 2. The van der Waals surface area contributed by atoms with Crippen LogP contribution in [0.1, 0.15) is 13.8 Å². The van der Waals surface area contributed by atoms with E-state index in [2.05, 4.69) is 5.32 Å². The lowest BCUT2D eigenvalue weighted by molar-refractivity contribution is 0.455. The third-order valence-electron chi connectivity index (χ3n) is 2.79. The predicted molar refractivity (Wildman–Crippen MR) is 62.8 cm³/mol. The number of benzene rings is 1. The van der Waals surface area contributed by atoms with E-state index in [1.54, 1.807) is 11.9 Å². The van der Waals surface area contributed by atoms with Gasteiger partial charge in [-0.3, -0.25) is 0 Å². The highest BCUT2D eigenvalue weighted by atomic mass is 19.1. The molecule has 0 spiro atoms. The molecule has 1 rings (SSSR count). The number of likely N-dealkylation sites (N-methyl/N-ethyl adjacent to an activating group) is 2. The van der Waals surface area contributed by atoms with Crippen LogP contribution in [0.3, 0.4) is 0 Å². The molecule has 0 saturated heterocycles. The van der Waals surface area contributed by atoms with Crippen molar-refractivity contribution in [1.29, 1.82) is 0 Å². The normalized spacial score (nSPS) is 11.6. The van der Waals surface area contributed by atoms with Gasteiger partial charge in [0, 0.05) is 25.2 Å². The van der Waals surface area contributed by atoms with Crippen molar-refractivity contribution >= 4 is 5.69 Å². The number of rotatable bonds is 4. The van der Waals surface area contributed by atoms with Crippen molar-refractivity contribution in [1.82, 2.24) is 5.32 Å². The second-order valence-electron chi connectivity index (χ2n) is 4.50. The van der Waals surface area contributed by atoms with Gasteiger partial charge in [0.25, 0.3) is 0 Å². The highest BCUT2D eigenvalue weighted by Crippen LogP contribution is 2.25. The van der Waals surface area contributed by atoms with E-state index in [0.29, 0.717) is 6.54 Å². The zero-order chi connectivity index (χ0) is 12.3. The van der Waals surface area contributed by atoms with Crippen LogP contribution in [-0.2, 0) is 0 Å². The number of hydrogen-bond donors (Lipinski definition) is 1. The Morgan fingerprint density at radius 2 is 1.94 bits per heavy atom. The second kappa shape index (κ2) is 4.78. The summed E-state index contributed by atoms with van der Waals surface area (Å²) in [4.78, 5) is 1.74. The fraction of sp³-hybridized carbons (Fsp3) is 0.500. The summed E-state index contributed by atoms with van der Waals surface area (Å²) < 4.78 is 26.6. The molecule has 1 aromatic carbocycles. The van der Waals surface area contributed by atoms with E-state index in [1.807, 2.05) is 20.9 Å². The SMILES string of the molecule is CNCC(C)(C)N(C)c1cc(F)ccc1F. The van der Waals surface area contributed by atoms with Gasteiger partial charge in [0.1, 0.15) is 11.6 Å². The van der Waals surface area contributed by atoms with Crippen molar-refractivity contribution in [3.63, 3.8) is 0 Å². The maximum atomic E-state index is 13.6. The van der Waals surface area contributed by atoms with E-state index in [9.17, 15) is 8.78 Å².